The second kappa shape index (κ2) is 9.86. The van der Waals surface area contributed by atoms with E-state index in [2.05, 4.69) is 10.3 Å². The number of pyridine rings is 1. The quantitative estimate of drug-likeness (QED) is 0.473. The number of ether oxygens (including phenoxy) is 2. The molecule has 34 heavy (non-hydrogen) atoms. The maximum Gasteiger partial charge on any atom is 0.416 e. The highest BCUT2D eigenvalue weighted by atomic mass is 19.4. The molecule has 1 aliphatic heterocycles. The normalized spacial score (nSPS) is 16.7. The van der Waals surface area contributed by atoms with E-state index in [1.807, 2.05) is 0 Å². The van der Waals surface area contributed by atoms with E-state index in [-0.39, 0.29) is 18.0 Å². The van der Waals surface area contributed by atoms with E-state index in [0.717, 1.165) is 24.4 Å². The first-order valence-electron chi connectivity index (χ1n) is 10.6. The van der Waals surface area contributed by atoms with Crippen molar-refractivity contribution in [1.29, 1.82) is 0 Å². The summed E-state index contributed by atoms with van der Waals surface area (Å²) in [4.78, 5) is 29.5. The SMILES string of the molecule is CC(C)(C)OC(=O)N1CCCC(Oc2cc(NC(=O)c3cccnc3F)cc(C(F)(F)F)c2)C1. The highest BCUT2D eigenvalue weighted by molar-refractivity contribution is 6.04. The van der Waals surface area contributed by atoms with E-state index >= 15 is 0 Å². The maximum absolute atomic E-state index is 13.8. The first kappa shape index (κ1) is 25.3. The van der Waals surface area contributed by atoms with Crippen LogP contribution < -0.4 is 10.1 Å². The lowest BCUT2D eigenvalue weighted by Gasteiger charge is -2.34. The van der Waals surface area contributed by atoms with Gasteiger partial charge in [0.1, 0.15) is 17.5 Å². The molecule has 3 rings (SSSR count). The third kappa shape index (κ3) is 6.82. The second-order valence-corrected chi connectivity index (χ2v) is 8.85. The van der Waals surface area contributed by atoms with Gasteiger partial charge in [0, 0.05) is 24.5 Å². The number of nitrogens with one attached hydrogen (secondary N) is 1. The van der Waals surface area contributed by atoms with Gasteiger partial charge < -0.3 is 19.7 Å². The summed E-state index contributed by atoms with van der Waals surface area (Å²) < 4.78 is 65.3. The summed E-state index contributed by atoms with van der Waals surface area (Å²) in [7, 11) is 0. The number of hydrogen-bond acceptors (Lipinski definition) is 5. The molecule has 0 radical (unpaired) electrons. The van der Waals surface area contributed by atoms with Crippen LogP contribution in [0.4, 0.5) is 28.0 Å². The fourth-order valence-electron chi connectivity index (χ4n) is 3.38. The fraction of sp³-hybridized carbons (Fsp3) is 0.435. The van der Waals surface area contributed by atoms with Crippen LogP contribution in [0, 0.1) is 5.95 Å². The third-order valence-electron chi connectivity index (χ3n) is 4.83. The molecule has 1 aromatic carbocycles. The Bertz CT molecular complexity index is 1050. The molecule has 1 aromatic heterocycles. The Labute approximate surface area is 194 Å². The third-order valence-corrected chi connectivity index (χ3v) is 4.83. The largest absolute Gasteiger partial charge is 0.488 e. The van der Waals surface area contributed by atoms with E-state index in [1.54, 1.807) is 20.8 Å². The van der Waals surface area contributed by atoms with Crippen molar-refractivity contribution in [3.05, 3.63) is 53.6 Å². The van der Waals surface area contributed by atoms with Crippen molar-refractivity contribution in [2.24, 2.45) is 0 Å². The van der Waals surface area contributed by atoms with Gasteiger partial charge in [-0.3, -0.25) is 4.79 Å². The summed E-state index contributed by atoms with van der Waals surface area (Å²) in [6, 6.07) is 5.25. The first-order valence-corrected chi connectivity index (χ1v) is 10.6. The molecule has 1 unspecified atom stereocenters. The molecular formula is C23H25F4N3O4. The van der Waals surface area contributed by atoms with Crippen LogP contribution in [0.2, 0.25) is 0 Å². The van der Waals surface area contributed by atoms with Gasteiger partial charge >= 0.3 is 12.3 Å². The van der Waals surface area contributed by atoms with Gasteiger partial charge in [-0.05, 0) is 57.9 Å². The highest BCUT2D eigenvalue weighted by Gasteiger charge is 2.33. The number of amides is 2. The van der Waals surface area contributed by atoms with Gasteiger partial charge in [-0.2, -0.15) is 17.6 Å². The van der Waals surface area contributed by atoms with Gasteiger partial charge in [-0.15, -0.1) is 0 Å². The van der Waals surface area contributed by atoms with Gasteiger partial charge in [-0.25, -0.2) is 9.78 Å². The summed E-state index contributed by atoms with van der Waals surface area (Å²) >= 11 is 0. The molecule has 1 aliphatic rings. The number of rotatable bonds is 4. The number of anilines is 1. The predicted octanol–water partition coefficient (Wildman–Crippen LogP) is 5.27. The summed E-state index contributed by atoms with van der Waals surface area (Å²) in [6.45, 7) is 5.78. The minimum absolute atomic E-state index is 0.133. The van der Waals surface area contributed by atoms with Crippen molar-refractivity contribution in [2.75, 3.05) is 18.4 Å². The number of piperidine rings is 1. The molecule has 0 bridgehead atoms. The van der Waals surface area contributed by atoms with Gasteiger partial charge in [0.05, 0.1) is 17.7 Å². The smallest absolute Gasteiger partial charge is 0.416 e. The lowest BCUT2D eigenvalue weighted by Crippen LogP contribution is -2.46. The van der Waals surface area contributed by atoms with Gasteiger partial charge in [0.2, 0.25) is 5.95 Å². The molecule has 2 amide bonds. The Morgan fingerprint density at radius 3 is 2.56 bits per heavy atom. The molecule has 2 aromatic rings. The lowest BCUT2D eigenvalue weighted by atomic mass is 10.1. The molecule has 0 aliphatic carbocycles. The highest BCUT2D eigenvalue weighted by Crippen LogP contribution is 2.35. The number of nitrogens with zero attached hydrogens (tertiary/aromatic N) is 2. The molecule has 1 N–H and O–H groups in total. The molecule has 1 saturated heterocycles. The van der Waals surface area contributed by atoms with Crippen molar-refractivity contribution in [1.82, 2.24) is 9.88 Å². The van der Waals surface area contributed by atoms with E-state index in [9.17, 15) is 27.2 Å². The number of hydrogen-bond donors (Lipinski definition) is 1. The molecular weight excluding hydrogens is 458 g/mol. The van der Waals surface area contributed by atoms with Gasteiger partial charge in [0.15, 0.2) is 0 Å². The van der Waals surface area contributed by atoms with Crippen molar-refractivity contribution < 1.29 is 36.6 Å². The summed E-state index contributed by atoms with van der Waals surface area (Å²) in [5.74, 6) is -2.15. The summed E-state index contributed by atoms with van der Waals surface area (Å²) in [5, 5.41) is 2.26. The molecule has 1 fully saturated rings. The zero-order valence-electron chi connectivity index (χ0n) is 18.9. The standard InChI is InChI=1S/C23H25F4N3O4/c1-22(2,3)34-21(32)30-9-5-6-16(13-30)33-17-11-14(23(25,26)27)10-15(12-17)29-20(31)18-7-4-8-28-19(18)24/h4,7-8,10-12,16H,5-6,9,13H2,1-3H3,(H,29,31). The lowest BCUT2D eigenvalue weighted by molar-refractivity contribution is -0.137. The predicted molar refractivity (Wildman–Crippen MR) is 115 cm³/mol. The molecule has 184 valence electrons. The van der Waals surface area contributed by atoms with Crippen LogP contribution in [0.5, 0.6) is 5.75 Å². The minimum Gasteiger partial charge on any atom is -0.488 e. The number of carbonyl (C=O) groups is 2. The molecule has 11 heteroatoms. The van der Waals surface area contributed by atoms with Crippen LogP contribution in [0.25, 0.3) is 0 Å². The van der Waals surface area contributed by atoms with Gasteiger partial charge in [-0.1, -0.05) is 0 Å². The Kier molecular flexibility index (Phi) is 7.32. The topological polar surface area (TPSA) is 80.8 Å². The van der Waals surface area contributed by atoms with Crippen LogP contribution in [0.15, 0.2) is 36.5 Å². The van der Waals surface area contributed by atoms with Crippen molar-refractivity contribution >= 4 is 17.7 Å². The van der Waals surface area contributed by atoms with E-state index in [1.165, 1.54) is 17.0 Å². The zero-order chi connectivity index (χ0) is 25.1. The van der Waals surface area contributed by atoms with Crippen LogP contribution in [0.3, 0.4) is 0 Å². The van der Waals surface area contributed by atoms with Gasteiger partial charge in [0.25, 0.3) is 5.91 Å². The van der Waals surface area contributed by atoms with Crippen LogP contribution in [-0.4, -0.2) is 46.7 Å². The molecule has 1 atom stereocenters. The maximum atomic E-state index is 13.8. The minimum atomic E-state index is -4.71. The Hall–Kier alpha value is -3.37. The van der Waals surface area contributed by atoms with Crippen LogP contribution >= 0.6 is 0 Å². The molecule has 0 saturated carbocycles. The number of benzene rings is 1. The van der Waals surface area contributed by atoms with Crippen molar-refractivity contribution in [3.63, 3.8) is 0 Å². The van der Waals surface area contributed by atoms with Crippen LogP contribution in [0.1, 0.15) is 49.5 Å². The van der Waals surface area contributed by atoms with E-state index in [0.29, 0.717) is 19.4 Å². The van der Waals surface area contributed by atoms with Crippen LogP contribution in [-0.2, 0) is 10.9 Å². The average molecular weight is 483 g/mol. The van der Waals surface area contributed by atoms with Crippen molar-refractivity contribution in [2.45, 2.75) is 51.5 Å². The first-order chi connectivity index (χ1) is 15.8. The van der Waals surface area contributed by atoms with E-state index in [4.69, 9.17) is 9.47 Å². The summed E-state index contributed by atoms with van der Waals surface area (Å²) in [5.41, 5.74) is -2.38. The molecule has 7 nitrogen and oxygen atoms in total. The number of likely N-dealkylation sites (tertiary alicyclic amines) is 1. The second-order valence-electron chi connectivity index (χ2n) is 8.85. The Morgan fingerprint density at radius 2 is 1.91 bits per heavy atom. The van der Waals surface area contributed by atoms with E-state index < -0.39 is 47.0 Å². The Morgan fingerprint density at radius 1 is 1.18 bits per heavy atom. The zero-order valence-corrected chi connectivity index (χ0v) is 18.9. The molecule has 2 heterocycles. The van der Waals surface area contributed by atoms with Crippen molar-refractivity contribution in [3.8, 4) is 5.75 Å². The molecule has 0 spiro atoms. The number of alkyl halides is 3. The fourth-order valence-corrected chi connectivity index (χ4v) is 3.38. The Balaban J connectivity index is 1.79. The average Bonchev–Trinajstić information content (AvgIpc) is 2.72. The number of halogens is 4. The summed E-state index contributed by atoms with van der Waals surface area (Å²) in [6.07, 6.45) is -3.59. The number of aromatic nitrogens is 1. The number of carbonyl (C=O) groups excluding carboxylic acids is 2. The monoisotopic (exact) mass is 483 g/mol.